The van der Waals surface area contributed by atoms with Gasteiger partial charge in [-0.15, -0.1) is 5.10 Å². The number of nitrogens with two attached hydrogens (primary N) is 2. The molecule has 0 radical (unpaired) electrons. The fourth-order valence-corrected chi connectivity index (χ4v) is 2.61. The zero-order chi connectivity index (χ0) is 14.1. The summed E-state index contributed by atoms with van der Waals surface area (Å²) in [4.78, 5) is 19.1. The van der Waals surface area contributed by atoms with E-state index in [1.165, 1.54) is 19.2 Å². The highest BCUT2D eigenvalue weighted by Gasteiger charge is 2.24. The highest BCUT2D eigenvalue weighted by atomic mass is 16.5. The minimum atomic E-state index is -0.566. The van der Waals surface area contributed by atoms with Crippen LogP contribution in [0.1, 0.15) is 31.7 Å². The molecule has 1 fully saturated rings. The first-order chi connectivity index (χ1) is 9.66. The number of primary amides is 1. The van der Waals surface area contributed by atoms with Crippen LogP contribution in [0.2, 0.25) is 0 Å². The van der Waals surface area contributed by atoms with Gasteiger partial charge in [-0.05, 0) is 12.8 Å². The lowest BCUT2D eigenvalue weighted by atomic mass is 10.2. The summed E-state index contributed by atoms with van der Waals surface area (Å²) in [5, 5.41) is 4.95. The summed E-state index contributed by atoms with van der Waals surface area (Å²) in [5.74, 6) is -0.00787. The summed E-state index contributed by atoms with van der Waals surface area (Å²) in [7, 11) is 0. The van der Waals surface area contributed by atoms with Gasteiger partial charge in [0.25, 0.3) is 5.91 Å². The van der Waals surface area contributed by atoms with Gasteiger partial charge in [0, 0.05) is 0 Å². The molecule has 2 aromatic heterocycles. The molecule has 0 spiro atoms. The lowest BCUT2D eigenvalue weighted by molar-refractivity contribution is -0.120. The number of amides is 1. The van der Waals surface area contributed by atoms with Gasteiger partial charge in [0.05, 0.1) is 6.04 Å². The topological polar surface area (TPSA) is 122 Å². The number of rotatable bonds is 4. The Hall–Kier alpha value is -2.38. The van der Waals surface area contributed by atoms with Crippen LogP contribution in [0.3, 0.4) is 0 Å². The fourth-order valence-electron chi connectivity index (χ4n) is 2.61. The Labute approximate surface area is 115 Å². The van der Waals surface area contributed by atoms with E-state index in [1.807, 2.05) is 4.68 Å². The number of fused-ring (bicyclic) bond motifs is 1. The molecule has 8 nitrogen and oxygen atoms in total. The minimum absolute atomic E-state index is 0.245. The van der Waals surface area contributed by atoms with Crippen molar-refractivity contribution in [1.29, 1.82) is 0 Å². The molecule has 20 heavy (non-hydrogen) atoms. The van der Waals surface area contributed by atoms with Crippen molar-refractivity contribution in [3.05, 3.63) is 6.33 Å². The number of ether oxygens (including phenoxy) is 1. The Morgan fingerprint density at radius 1 is 1.40 bits per heavy atom. The van der Waals surface area contributed by atoms with Crippen molar-refractivity contribution in [3.63, 3.8) is 0 Å². The second-order valence-electron chi connectivity index (χ2n) is 4.90. The average Bonchev–Trinajstić information content (AvgIpc) is 3.03. The van der Waals surface area contributed by atoms with Gasteiger partial charge in [0.1, 0.15) is 17.5 Å². The van der Waals surface area contributed by atoms with Crippen LogP contribution in [0.25, 0.3) is 11.0 Å². The fraction of sp³-hybridized carbons (Fsp3) is 0.500. The van der Waals surface area contributed by atoms with Gasteiger partial charge < -0.3 is 16.2 Å². The normalized spacial score (nSPS) is 15.8. The molecule has 0 unspecified atom stereocenters. The number of nitrogens with zero attached hydrogens (tertiary/aromatic N) is 4. The van der Waals surface area contributed by atoms with Gasteiger partial charge >= 0.3 is 0 Å². The van der Waals surface area contributed by atoms with Crippen LogP contribution >= 0.6 is 0 Å². The molecule has 1 saturated carbocycles. The smallest absolute Gasteiger partial charge is 0.255 e. The van der Waals surface area contributed by atoms with Crippen LogP contribution in [0.5, 0.6) is 5.88 Å². The molecule has 4 N–H and O–H groups in total. The van der Waals surface area contributed by atoms with Gasteiger partial charge in [-0.2, -0.15) is 0 Å². The van der Waals surface area contributed by atoms with E-state index in [0.29, 0.717) is 16.9 Å². The Morgan fingerprint density at radius 3 is 2.85 bits per heavy atom. The third-order valence-electron chi connectivity index (χ3n) is 3.51. The highest BCUT2D eigenvalue weighted by molar-refractivity contribution is 5.91. The van der Waals surface area contributed by atoms with E-state index in [4.69, 9.17) is 16.2 Å². The molecular weight excluding hydrogens is 260 g/mol. The molecule has 106 valence electrons. The maximum Gasteiger partial charge on any atom is 0.255 e. The van der Waals surface area contributed by atoms with Crippen LogP contribution in [0, 0.1) is 0 Å². The zero-order valence-electron chi connectivity index (χ0n) is 11.0. The Morgan fingerprint density at radius 2 is 2.15 bits per heavy atom. The first-order valence-corrected chi connectivity index (χ1v) is 6.56. The van der Waals surface area contributed by atoms with Crippen LogP contribution in [-0.4, -0.2) is 32.3 Å². The predicted molar refractivity (Wildman–Crippen MR) is 71.9 cm³/mol. The van der Waals surface area contributed by atoms with Gasteiger partial charge in [-0.3, -0.25) is 4.79 Å². The third kappa shape index (κ3) is 2.13. The van der Waals surface area contributed by atoms with E-state index >= 15 is 0 Å². The van der Waals surface area contributed by atoms with E-state index < -0.39 is 5.91 Å². The molecule has 3 rings (SSSR count). The first-order valence-electron chi connectivity index (χ1n) is 6.56. The molecular formula is C12H16N6O2. The van der Waals surface area contributed by atoms with E-state index in [9.17, 15) is 4.79 Å². The molecule has 0 bridgehead atoms. The third-order valence-corrected chi connectivity index (χ3v) is 3.51. The summed E-state index contributed by atoms with van der Waals surface area (Å²) in [6, 6.07) is 0.290. The minimum Gasteiger partial charge on any atom is -0.466 e. The van der Waals surface area contributed by atoms with E-state index in [2.05, 4.69) is 15.1 Å². The quantitative estimate of drug-likeness (QED) is 0.832. The average molecular weight is 276 g/mol. The molecule has 0 atom stereocenters. The SMILES string of the molecule is NC(=O)COc1nn(C2CCCC2)c2ncnc(N)c12. The summed E-state index contributed by atoms with van der Waals surface area (Å²) >= 11 is 0. The molecule has 1 amide bonds. The van der Waals surface area contributed by atoms with Crippen LogP contribution in [-0.2, 0) is 4.79 Å². The zero-order valence-corrected chi connectivity index (χ0v) is 11.0. The van der Waals surface area contributed by atoms with Crippen molar-refractivity contribution in [1.82, 2.24) is 19.7 Å². The van der Waals surface area contributed by atoms with Gasteiger partial charge in [0.15, 0.2) is 12.3 Å². The van der Waals surface area contributed by atoms with E-state index in [1.54, 1.807) is 0 Å². The summed E-state index contributed by atoms with van der Waals surface area (Å²) in [6.45, 7) is -0.245. The molecule has 1 aliphatic rings. The van der Waals surface area contributed by atoms with Gasteiger partial charge in [-0.1, -0.05) is 12.8 Å². The maximum absolute atomic E-state index is 10.9. The standard InChI is InChI=1S/C12H16N6O2/c13-8(19)5-20-12-9-10(14)15-6-16-11(9)18(17-12)7-3-1-2-4-7/h6-7H,1-5H2,(H2,13,19)(H2,14,15,16). The molecule has 0 saturated heterocycles. The van der Waals surface area contributed by atoms with Crippen molar-refractivity contribution in [2.45, 2.75) is 31.7 Å². The van der Waals surface area contributed by atoms with Crippen molar-refractivity contribution in [3.8, 4) is 5.88 Å². The number of aromatic nitrogens is 4. The number of hydrogen-bond acceptors (Lipinski definition) is 6. The van der Waals surface area contributed by atoms with E-state index in [0.717, 1.165) is 12.8 Å². The summed E-state index contributed by atoms with van der Waals surface area (Å²) in [6.07, 6.45) is 5.85. The summed E-state index contributed by atoms with van der Waals surface area (Å²) in [5.41, 5.74) is 11.6. The van der Waals surface area contributed by atoms with Crippen LogP contribution in [0.4, 0.5) is 5.82 Å². The second-order valence-corrected chi connectivity index (χ2v) is 4.90. The number of nitrogen functional groups attached to an aromatic ring is 1. The molecule has 8 heteroatoms. The van der Waals surface area contributed by atoms with Crippen LogP contribution < -0.4 is 16.2 Å². The van der Waals surface area contributed by atoms with Crippen molar-refractivity contribution < 1.29 is 9.53 Å². The van der Waals surface area contributed by atoms with Gasteiger partial charge in [-0.25, -0.2) is 14.6 Å². The number of hydrogen-bond donors (Lipinski definition) is 2. The Kier molecular flexibility index (Phi) is 3.13. The Bertz CT molecular complexity index is 647. The second kappa shape index (κ2) is 4.95. The molecule has 2 aromatic rings. The molecule has 2 heterocycles. The van der Waals surface area contributed by atoms with E-state index in [-0.39, 0.29) is 18.5 Å². The van der Waals surface area contributed by atoms with Gasteiger partial charge in [0.2, 0.25) is 5.88 Å². The Balaban J connectivity index is 2.06. The summed E-state index contributed by atoms with van der Waals surface area (Å²) < 4.78 is 7.17. The number of anilines is 1. The monoisotopic (exact) mass is 276 g/mol. The molecule has 0 aliphatic heterocycles. The number of carbonyl (C=O) groups excluding carboxylic acids is 1. The van der Waals surface area contributed by atoms with Crippen LogP contribution in [0.15, 0.2) is 6.33 Å². The maximum atomic E-state index is 10.9. The molecule has 1 aliphatic carbocycles. The van der Waals surface area contributed by atoms with Crippen molar-refractivity contribution in [2.24, 2.45) is 5.73 Å². The van der Waals surface area contributed by atoms with Crippen molar-refractivity contribution >= 4 is 22.8 Å². The number of carbonyl (C=O) groups is 1. The largest absolute Gasteiger partial charge is 0.466 e. The van der Waals surface area contributed by atoms with Crippen molar-refractivity contribution in [2.75, 3.05) is 12.3 Å². The first kappa shape index (κ1) is 12.6. The predicted octanol–water partition coefficient (Wildman–Crippen LogP) is 0.388. The lowest BCUT2D eigenvalue weighted by Gasteiger charge is -2.09. The highest BCUT2D eigenvalue weighted by Crippen LogP contribution is 2.35. The lowest BCUT2D eigenvalue weighted by Crippen LogP contribution is -2.20. The molecule has 0 aromatic carbocycles.